The monoisotopic (exact) mass is 193 g/mol. The third-order valence-corrected chi connectivity index (χ3v) is 1.78. The highest BCUT2D eigenvalue weighted by atomic mass is 32.1. The highest BCUT2D eigenvalue weighted by Crippen LogP contribution is 2.03. The standard InChI is InChI=1S/C10H11NOS/c12-8-10-5-9(6-11-7-10)3-1-2-4-13/h1,3,5-8,13H,2,4H2. The van der Waals surface area contributed by atoms with Gasteiger partial charge >= 0.3 is 0 Å². The first-order valence-corrected chi connectivity index (χ1v) is 4.67. The van der Waals surface area contributed by atoms with Crippen molar-refractivity contribution in [3.8, 4) is 0 Å². The fourth-order valence-corrected chi connectivity index (χ4v) is 1.08. The van der Waals surface area contributed by atoms with E-state index in [2.05, 4.69) is 17.6 Å². The molecule has 0 aliphatic rings. The first-order valence-electron chi connectivity index (χ1n) is 4.04. The Labute approximate surface area is 83.1 Å². The summed E-state index contributed by atoms with van der Waals surface area (Å²) in [6.07, 6.45) is 8.94. The molecular formula is C10H11NOS. The summed E-state index contributed by atoms with van der Waals surface area (Å²) in [4.78, 5) is 14.3. The molecule has 1 rings (SSSR count). The van der Waals surface area contributed by atoms with Crippen LogP contribution in [0.15, 0.2) is 24.5 Å². The van der Waals surface area contributed by atoms with Gasteiger partial charge in [0.2, 0.25) is 0 Å². The van der Waals surface area contributed by atoms with Gasteiger partial charge in [0, 0.05) is 18.0 Å². The van der Waals surface area contributed by atoms with Gasteiger partial charge in [0.05, 0.1) is 0 Å². The number of aromatic nitrogens is 1. The highest BCUT2D eigenvalue weighted by Gasteiger charge is 1.90. The Balaban J connectivity index is 2.71. The highest BCUT2D eigenvalue weighted by molar-refractivity contribution is 7.80. The van der Waals surface area contributed by atoms with Gasteiger partial charge < -0.3 is 0 Å². The summed E-state index contributed by atoms with van der Waals surface area (Å²) < 4.78 is 0. The van der Waals surface area contributed by atoms with Crippen molar-refractivity contribution < 1.29 is 4.79 Å². The lowest BCUT2D eigenvalue weighted by Gasteiger charge is -1.93. The van der Waals surface area contributed by atoms with Gasteiger partial charge in [0.25, 0.3) is 0 Å². The minimum absolute atomic E-state index is 0.605. The van der Waals surface area contributed by atoms with E-state index in [1.807, 2.05) is 12.2 Å². The molecule has 0 atom stereocenters. The molecule has 0 N–H and O–H groups in total. The van der Waals surface area contributed by atoms with Crippen LogP contribution in [0.1, 0.15) is 22.3 Å². The summed E-state index contributed by atoms with van der Waals surface area (Å²) in [6.45, 7) is 0. The summed E-state index contributed by atoms with van der Waals surface area (Å²) in [5.41, 5.74) is 1.56. The second-order valence-electron chi connectivity index (χ2n) is 2.58. The van der Waals surface area contributed by atoms with Crippen molar-refractivity contribution in [3.05, 3.63) is 35.7 Å². The van der Waals surface area contributed by atoms with E-state index in [-0.39, 0.29) is 0 Å². The van der Waals surface area contributed by atoms with Crippen LogP contribution in [0.4, 0.5) is 0 Å². The molecule has 0 aliphatic heterocycles. The van der Waals surface area contributed by atoms with Crippen LogP contribution in [-0.4, -0.2) is 17.0 Å². The van der Waals surface area contributed by atoms with Crippen molar-refractivity contribution in [1.29, 1.82) is 0 Å². The van der Waals surface area contributed by atoms with Gasteiger partial charge in [-0.1, -0.05) is 12.2 Å². The third-order valence-electron chi connectivity index (χ3n) is 1.52. The molecule has 3 heteroatoms. The van der Waals surface area contributed by atoms with Crippen molar-refractivity contribution in [2.75, 3.05) is 5.75 Å². The molecule has 0 amide bonds. The second-order valence-corrected chi connectivity index (χ2v) is 3.03. The molecule has 0 aliphatic carbocycles. The van der Waals surface area contributed by atoms with E-state index in [0.717, 1.165) is 24.0 Å². The molecule has 68 valence electrons. The molecule has 1 heterocycles. The van der Waals surface area contributed by atoms with Crippen molar-refractivity contribution >= 4 is 25.0 Å². The van der Waals surface area contributed by atoms with E-state index in [9.17, 15) is 4.79 Å². The van der Waals surface area contributed by atoms with E-state index in [4.69, 9.17) is 0 Å². The SMILES string of the molecule is O=Cc1cncc(C=CCCS)c1. The Kier molecular flexibility index (Phi) is 4.26. The number of thiol groups is 1. The van der Waals surface area contributed by atoms with Crippen LogP contribution >= 0.6 is 12.6 Å². The summed E-state index contributed by atoms with van der Waals surface area (Å²) in [6, 6.07) is 1.80. The van der Waals surface area contributed by atoms with Crippen LogP contribution in [0, 0.1) is 0 Å². The second kappa shape index (κ2) is 5.54. The van der Waals surface area contributed by atoms with Crippen molar-refractivity contribution in [2.24, 2.45) is 0 Å². The zero-order valence-electron chi connectivity index (χ0n) is 7.18. The Morgan fingerprint density at radius 1 is 1.38 bits per heavy atom. The lowest BCUT2D eigenvalue weighted by Crippen LogP contribution is -1.83. The molecule has 1 aromatic heterocycles. The number of nitrogens with zero attached hydrogens (tertiary/aromatic N) is 1. The molecule has 2 nitrogen and oxygen atoms in total. The fourth-order valence-electron chi connectivity index (χ4n) is 0.926. The van der Waals surface area contributed by atoms with Crippen LogP contribution in [0.2, 0.25) is 0 Å². The van der Waals surface area contributed by atoms with Gasteiger partial charge in [-0.15, -0.1) is 0 Å². The van der Waals surface area contributed by atoms with Gasteiger partial charge in [-0.2, -0.15) is 12.6 Å². The number of hydrogen-bond acceptors (Lipinski definition) is 3. The summed E-state index contributed by atoms with van der Waals surface area (Å²) in [7, 11) is 0. The van der Waals surface area contributed by atoms with Gasteiger partial charge in [-0.3, -0.25) is 9.78 Å². The molecule has 0 bridgehead atoms. The zero-order chi connectivity index (χ0) is 9.52. The predicted molar refractivity (Wildman–Crippen MR) is 57.1 cm³/mol. The van der Waals surface area contributed by atoms with Crippen LogP contribution in [0.3, 0.4) is 0 Å². The average molecular weight is 193 g/mol. The van der Waals surface area contributed by atoms with Crippen LogP contribution in [0.25, 0.3) is 6.08 Å². The average Bonchev–Trinajstić information content (AvgIpc) is 2.19. The number of pyridine rings is 1. The van der Waals surface area contributed by atoms with Crippen molar-refractivity contribution in [3.63, 3.8) is 0 Å². The maximum atomic E-state index is 10.4. The van der Waals surface area contributed by atoms with E-state index < -0.39 is 0 Å². The van der Waals surface area contributed by atoms with E-state index in [0.29, 0.717) is 5.56 Å². The zero-order valence-corrected chi connectivity index (χ0v) is 8.08. The Bertz CT molecular complexity index is 310. The molecule has 13 heavy (non-hydrogen) atoms. The van der Waals surface area contributed by atoms with Gasteiger partial charge in [0.15, 0.2) is 6.29 Å². The third kappa shape index (κ3) is 3.42. The minimum atomic E-state index is 0.605. The summed E-state index contributed by atoms with van der Waals surface area (Å²) >= 11 is 4.08. The molecule has 0 unspecified atom stereocenters. The number of allylic oxidation sites excluding steroid dienone is 1. The first kappa shape index (κ1) is 9.99. The van der Waals surface area contributed by atoms with Gasteiger partial charge in [0.1, 0.15) is 0 Å². The molecule has 0 spiro atoms. The smallest absolute Gasteiger partial charge is 0.151 e. The van der Waals surface area contributed by atoms with Crippen LogP contribution < -0.4 is 0 Å². The molecule has 0 radical (unpaired) electrons. The quantitative estimate of drug-likeness (QED) is 0.587. The van der Waals surface area contributed by atoms with Gasteiger partial charge in [-0.05, 0) is 23.8 Å². The van der Waals surface area contributed by atoms with Gasteiger partial charge in [-0.25, -0.2) is 0 Å². The normalized spacial score (nSPS) is 10.5. The van der Waals surface area contributed by atoms with E-state index >= 15 is 0 Å². The minimum Gasteiger partial charge on any atom is -0.298 e. The Hall–Kier alpha value is -1.09. The molecule has 0 aromatic carbocycles. The Morgan fingerprint density at radius 2 is 2.15 bits per heavy atom. The van der Waals surface area contributed by atoms with E-state index in [1.54, 1.807) is 18.5 Å². The molecule has 0 saturated heterocycles. The fraction of sp³-hybridized carbons (Fsp3) is 0.200. The van der Waals surface area contributed by atoms with Crippen molar-refractivity contribution in [2.45, 2.75) is 6.42 Å². The number of rotatable bonds is 4. The predicted octanol–water partition coefficient (Wildman–Crippen LogP) is 2.23. The topological polar surface area (TPSA) is 30.0 Å². The Morgan fingerprint density at radius 3 is 2.85 bits per heavy atom. The van der Waals surface area contributed by atoms with E-state index in [1.165, 1.54) is 0 Å². The number of carbonyl (C=O) groups excluding carboxylic acids is 1. The molecular weight excluding hydrogens is 182 g/mol. The molecule has 0 fully saturated rings. The molecule has 1 aromatic rings. The lowest BCUT2D eigenvalue weighted by molar-refractivity contribution is 0.112. The largest absolute Gasteiger partial charge is 0.298 e. The van der Waals surface area contributed by atoms with Crippen LogP contribution in [-0.2, 0) is 0 Å². The summed E-state index contributed by atoms with van der Waals surface area (Å²) in [5.74, 6) is 0.831. The molecule has 0 saturated carbocycles. The summed E-state index contributed by atoms with van der Waals surface area (Å²) in [5, 5.41) is 0. The number of carbonyl (C=O) groups is 1. The first-order chi connectivity index (χ1) is 6.36. The van der Waals surface area contributed by atoms with Crippen molar-refractivity contribution in [1.82, 2.24) is 4.98 Å². The number of hydrogen-bond donors (Lipinski definition) is 1. The van der Waals surface area contributed by atoms with Crippen LogP contribution in [0.5, 0.6) is 0 Å². The maximum absolute atomic E-state index is 10.4. The maximum Gasteiger partial charge on any atom is 0.151 e. The lowest BCUT2D eigenvalue weighted by atomic mass is 10.2. The number of aldehydes is 1.